The minimum atomic E-state index is -0.314. The van der Waals surface area contributed by atoms with Crippen molar-refractivity contribution >= 4 is 5.91 Å². The molecule has 1 N–H and O–H groups in total. The van der Waals surface area contributed by atoms with Crippen molar-refractivity contribution in [3.8, 4) is 0 Å². The summed E-state index contributed by atoms with van der Waals surface area (Å²) in [6.07, 6.45) is 0.431. The Bertz CT molecular complexity index is 431. The maximum Gasteiger partial charge on any atom is 0.244 e. The van der Waals surface area contributed by atoms with Crippen molar-refractivity contribution in [3.63, 3.8) is 0 Å². The number of aliphatic hydroxyl groups excluding tert-OH is 1. The van der Waals surface area contributed by atoms with E-state index in [-0.39, 0.29) is 18.1 Å². The van der Waals surface area contributed by atoms with Gasteiger partial charge in [0.1, 0.15) is 6.04 Å². The first-order chi connectivity index (χ1) is 9.67. The zero-order valence-corrected chi connectivity index (χ0v) is 12.3. The van der Waals surface area contributed by atoms with E-state index in [1.54, 1.807) is 0 Å². The highest BCUT2D eigenvalue weighted by molar-refractivity contribution is 5.83. The molecule has 0 aliphatic carbocycles. The van der Waals surface area contributed by atoms with Gasteiger partial charge in [-0.05, 0) is 25.8 Å². The first-order valence-corrected chi connectivity index (χ1v) is 7.43. The van der Waals surface area contributed by atoms with Gasteiger partial charge in [-0.25, -0.2) is 0 Å². The monoisotopic (exact) mass is 276 g/mol. The lowest BCUT2D eigenvalue weighted by atomic mass is 10.0. The normalized spacial score (nSPS) is 20.9. The van der Waals surface area contributed by atoms with E-state index in [9.17, 15) is 9.90 Å². The summed E-state index contributed by atoms with van der Waals surface area (Å²) in [5.74, 6) is 0.135. The molecule has 0 saturated carbocycles. The summed E-state index contributed by atoms with van der Waals surface area (Å²) in [6, 6.07) is 9.61. The van der Waals surface area contributed by atoms with Crippen LogP contribution >= 0.6 is 0 Å². The van der Waals surface area contributed by atoms with Crippen molar-refractivity contribution in [2.75, 3.05) is 26.2 Å². The number of nitrogens with zero attached hydrogens (tertiary/aromatic N) is 2. The molecule has 20 heavy (non-hydrogen) atoms. The highest BCUT2D eigenvalue weighted by atomic mass is 16.3. The van der Waals surface area contributed by atoms with Crippen LogP contribution in [0.25, 0.3) is 0 Å². The molecule has 0 aromatic heterocycles. The molecule has 0 bridgehead atoms. The Morgan fingerprint density at radius 3 is 2.50 bits per heavy atom. The van der Waals surface area contributed by atoms with E-state index >= 15 is 0 Å². The van der Waals surface area contributed by atoms with Crippen molar-refractivity contribution < 1.29 is 9.90 Å². The molecule has 4 heteroatoms. The molecule has 1 aromatic rings. The summed E-state index contributed by atoms with van der Waals surface area (Å²) in [6.45, 7) is 6.79. The molecule has 1 heterocycles. The Labute approximate surface area is 121 Å². The van der Waals surface area contributed by atoms with Crippen LogP contribution in [-0.4, -0.2) is 53.1 Å². The van der Waals surface area contributed by atoms with Gasteiger partial charge in [0.2, 0.25) is 5.91 Å². The number of likely N-dealkylation sites (tertiary alicyclic amines) is 1. The number of carbonyl (C=O) groups is 1. The SMILES string of the molecule is CCN(CC)C(=O)C(c1ccccc1)N1CC[C@H](O)C1. The minimum absolute atomic E-state index is 0.135. The Kier molecular flexibility index (Phi) is 5.15. The number of hydrogen-bond acceptors (Lipinski definition) is 3. The average molecular weight is 276 g/mol. The predicted octanol–water partition coefficient (Wildman–Crippen LogP) is 1.66. The number of carbonyl (C=O) groups excluding carboxylic acids is 1. The molecule has 2 atom stereocenters. The highest BCUT2D eigenvalue weighted by Crippen LogP contribution is 2.27. The van der Waals surface area contributed by atoms with Crippen molar-refractivity contribution in [3.05, 3.63) is 35.9 Å². The maximum atomic E-state index is 12.8. The average Bonchev–Trinajstić information content (AvgIpc) is 2.88. The maximum absolute atomic E-state index is 12.8. The highest BCUT2D eigenvalue weighted by Gasteiger charge is 2.34. The van der Waals surface area contributed by atoms with Gasteiger partial charge in [0.05, 0.1) is 6.10 Å². The van der Waals surface area contributed by atoms with Crippen LogP contribution in [0.4, 0.5) is 0 Å². The molecule has 1 amide bonds. The van der Waals surface area contributed by atoms with Crippen molar-refractivity contribution in [1.29, 1.82) is 0 Å². The first kappa shape index (κ1) is 15.0. The standard InChI is InChI=1S/C16H24N2O2/c1-3-17(4-2)16(20)15(13-8-6-5-7-9-13)18-11-10-14(19)12-18/h5-9,14-15,19H,3-4,10-12H2,1-2H3/t14-,15?/m0/s1. The van der Waals surface area contributed by atoms with E-state index in [2.05, 4.69) is 4.90 Å². The van der Waals surface area contributed by atoms with Crippen LogP contribution in [0.1, 0.15) is 31.9 Å². The lowest BCUT2D eigenvalue weighted by molar-refractivity contribution is -0.136. The third kappa shape index (κ3) is 3.19. The molecular weight excluding hydrogens is 252 g/mol. The van der Waals surface area contributed by atoms with Gasteiger partial charge in [-0.15, -0.1) is 0 Å². The minimum Gasteiger partial charge on any atom is -0.392 e. The van der Waals surface area contributed by atoms with Gasteiger partial charge in [-0.1, -0.05) is 30.3 Å². The van der Waals surface area contributed by atoms with Gasteiger partial charge < -0.3 is 10.0 Å². The van der Waals surface area contributed by atoms with Crippen molar-refractivity contribution in [1.82, 2.24) is 9.80 Å². The molecule has 1 aliphatic rings. The number of benzene rings is 1. The van der Waals surface area contributed by atoms with Crippen molar-refractivity contribution in [2.24, 2.45) is 0 Å². The molecule has 110 valence electrons. The lowest BCUT2D eigenvalue weighted by Crippen LogP contribution is -2.42. The summed E-state index contributed by atoms with van der Waals surface area (Å²) >= 11 is 0. The molecule has 2 rings (SSSR count). The van der Waals surface area contributed by atoms with Crippen LogP contribution in [0, 0.1) is 0 Å². The fourth-order valence-corrected chi connectivity index (χ4v) is 2.86. The van der Waals surface area contributed by atoms with E-state index in [1.165, 1.54) is 0 Å². The summed E-state index contributed by atoms with van der Waals surface area (Å²) < 4.78 is 0. The van der Waals surface area contributed by atoms with E-state index in [4.69, 9.17) is 0 Å². The number of β-amino-alcohol motifs (C(OH)–C–C–N with tert-alkyl or cyclic N) is 1. The van der Waals surface area contributed by atoms with Crippen LogP contribution in [0.15, 0.2) is 30.3 Å². The molecule has 1 fully saturated rings. The van der Waals surface area contributed by atoms with Gasteiger partial charge in [0.25, 0.3) is 0 Å². The topological polar surface area (TPSA) is 43.8 Å². The van der Waals surface area contributed by atoms with E-state index < -0.39 is 0 Å². The predicted molar refractivity (Wildman–Crippen MR) is 79.3 cm³/mol. The third-order valence-corrected chi connectivity index (χ3v) is 3.98. The summed E-state index contributed by atoms with van der Waals surface area (Å²) in [5.41, 5.74) is 1.01. The van der Waals surface area contributed by atoms with Crippen LogP contribution in [0.2, 0.25) is 0 Å². The quantitative estimate of drug-likeness (QED) is 0.889. The van der Waals surface area contributed by atoms with Crippen LogP contribution in [0.3, 0.4) is 0 Å². The number of rotatable bonds is 5. The fraction of sp³-hybridized carbons (Fsp3) is 0.562. The van der Waals surface area contributed by atoms with Gasteiger partial charge >= 0.3 is 0 Å². The van der Waals surface area contributed by atoms with Crippen LogP contribution < -0.4 is 0 Å². The molecule has 0 radical (unpaired) electrons. The van der Waals surface area contributed by atoms with E-state index in [0.717, 1.165) is 31.6 Å². The molecule has 1 saturated heterocycles. The number of hydrogen-bond donors (Lipinski definition) is 1. The summed E-state index contributed by atoms with van der Waals surface area (Å²) in [4.78, 5) is 16.8. The Balaban J connectivity index is 2.27. The first-order valence-electron chi connectivity index (χ1n) is 7.43. The second-order valence-electron chi connectivity index (χ2n) is 5.26. The zero-order valence-electron chi connectivity index (χ0n) is 12.3. The number of amides is 1. The lowest BCUT2D eigenvalue weighted by Gasteiger charge is -2.31. The summed E-state index contributed by atoms with van der Waals surface area (Å²) in [5, 5.41) is 9.76. The second kappa shape index (κ2) is 6.86. The Morgan fingerprint density at radius 2 is 2.00 bits per heavy atom. The van der Waals surface area contributed by atoms with E-state index in [0.29, 0.717) is 6.54 Å². The van der Waals surface area contributed by atoms with Crippen LogP contribution in [-0.2, 0) is 4.79 Å². The Hall–Kier alpha value is -1.39. The molecule has 1 aromatic carbocycles. The van der Waals surface area contributed by atoms with Crippen molar-refractivity contribution in [2.45, 2.75) is 32.4 Å². The molecule has 4 nitrogen and oxygen atoms in total. The molecular formula is C16H24N2O2. The summed E-state index contributed by atoms with van der Waals surface area (Å²) in [7, 11) is 0. The van der Waals surface area contributed by atoms with Gasteiger partial charge in [0, 0.05) is 26.2 Å². The van der Waals surface area contributed by atoms with Gasteiger partial charge in [-0.2, -0.15) is 0 Å². The number of aliphatic hydroxyl groups is 1. The molecule has 0 spiro atoms. The molecule has 1 unspecified atom stereocenters. The zero-order chi connectivity index (χ0) is 14.5. The largest absolute Gasteiger partial charge is 0.392 e. The smallest absolute Gasteiger partial charge is 0.244 e. The number of likely N-dealkylation sites (N-methyl/N-ethyl adjacent to an activating group) is 1. The molecule has 1 aliphatic heterocycles. The second-order valence-corrected chi connectivity index (χ2v) is 5.26. The van der Waals surface area contributed by atoms with Crippen LogP contribution in [0.5, 0.6) is 0 Å². The van der Waals surface area contributed by atoms with E-state index in [1.807, 2.05) is 49.1 Å². The third-order valence-electron chi connectivity index (χ3n) is 3.98. The fourth-order valence-electron chi connectivity index (χ4n) is 2.86. The van der Waals surface area contributed by atoms with Gasteiger partial charge in [0.15, 0.2) is 0 Å². The van der Waals surface area contributed by atoms with Gasteiger partial charge in [-0.3, -0.25) is 9.69 Å². The Morgan fingerprint density at radius 1 is 1.35 bits per heavy atom.